The molecule has 0 aliphatic rings. The molecule has 1 atom stereocenters. The average Bonchev–Trinajstić information content (AvgIpc) is 2.26. The van der Waals surface area contributed by atoms with E-state index in [0.29, 0.717) is 6.42 Å². The van der Waals surface area contributed by atoms with Crippen molar-refractivity contribution < 1.29 is 19.4 Å². The fourth-order valence-electron chi connectivity index (χ4n) is 1.01. The highest BCUT2D eigenvalue weighted by atomic mass is 16.5. The lowest BCUT2D eigenvalue weighted by Crippen LogP contribution is -2.46. The Morgan fingerprint density at radius 3 is 2.69 bits per heavy atom. The van der Waals surface area contributed by atoms with E-state index < -0.39 is 17.9 Å². The van der Waals surface area contributed by atoms with Gasteiger partial charge in [0.1, 0.15) is 6.54 Å². The minimum Gasteiger partial charge on any atom is -0.396 e. The number of hydrogen-bond donors (Lipinski definition) is 3. The number of aliphatic hydroxyl groups excluding tert-OH is 1. The van der Waals surface area contributed by atoms with Gasteiger partial charge in [0.2, 0.25) is 0 Å². The first kappa shape index (κ1) is 14.3. The summed E-state index contributed by atoms with van der Waals surface area (Å²) in [4.78, 5) is 22.3. The molecule has 0 radical (unpaired) electrons. The molecule has 90 valence electrons. The number of nitriles is 1. The molecule has 7 heteroatoms. The van der Waals surface area contributed by atoms with Crippen molar-refractivity contribution in [1.82, 2.24) is 10.6 Å². The first-order chi connectivity index (χ1) is 7.65. The van der Waals surface area contributed by atoms with Crippen LogP contribution in [0.4, 0.5) is 0 Å². The van der Waals surface area contributed by atoms with Gasteiger partial charge < -0.3 is 20.5 Å². The number of carbonyl (C=O) groups excluding carboxylic acids is 2. The zero-order valence-corrected chi connectivity index (χ0v) is 9.02. The Balaban J connectivity index is 4.07. The highest BCUT2D eigenvalue weighted by Crippen LogP contribution is 1.91. The predicted molar refractivity (Wildman–Crippen MR) is 54.1 cm³/mol. The van der Waals surface area contributed by atoms with E-state index in [-0.39, 0.29) is 19.8 Å². The second-order valence-corrected chi connectivity index (χ2v) is 2.98. The Morgan fingerprint density at radius 2 is 2.19 bits per heavy atom. The molecule has 2 amide bonds. The quantitative estimate of drug-likeness (QED) is 0.365. The topological polar surface area (TPSA) is 111 Å². The Kier molecular flexibility index (Phi) is 7.75. The SMILES string of the molecule is COCC(CCO)NC(=O)C(=O)NCC#N. The third-order valence-corrected chi connectivity index (χ3v) is 1.71. The zero-order valence-electron chi connectivity index (χ0n) is 9.02. The molecule has 0 aliphatic heterocycles. The number of nitrogens with zero attached hydrogens (tertiary/aromatic N) is 1. The van der Waals surface area contributed by atoms with E-state index in [1.54, 1.807) is 6.07 Å². The molecule has 0 bridgehead atoms. The van der Waals surface area contributed by atoms with Crippen molar-refractivity contribution in [3.05, 3.63) is 0 Å². The molecular formula is C9H15N3O4. The maximum atomic E-state index is 11.2. The lowest BCUT2D eigenvalue weighted by molar-refractivity contribution is -0.139. The smallest absolute Gasteiger partial charge is 0.310 e. The summed E-state index contributed by atoms with van der Waals surface area (Å²) in [7, 11) is 1.45. The summed E-state index contributed by atoms with van der Waals surface area (Å²) in [5.41, 5.74) is 0. The standard InChI is InChI=1S/C9H15N3O4/c1-16-6-7(2-5-13)12-9(15)8(14)11-4-3-10/h7,13H,2,4-6H2,1H3,(H,11,14)(H,12,15). The second kappa shape index (κ2) is 8.64. The molecule has 16 heavy (non-hydrogen) atoms. The van der Waals surface area contributed by atoms with Gasteiger partial charge in [-0.25, -0.2) is 0 Å². The minimum absolute atomic E-state index is 0.117. The Morgan fingerprint density at radius 1 is 1.50 bits per heavy atom. The highest BCUT2D eigenvalue weighted by Gasteiger charge is 2.17. The lowest BCUT2D eigenvalue weighted by atomic mass is 10.2. The summed E-state index contributed by atoms with van der Waals surface area (Å²) in [5, 5.41) is 21.4. The predicted octanol–water partition coefficient (Wildman–Crippen LogP) is -1.86. The maximum absolute atomic E-state index is 11.2. The number of methoxy groups -OCH3 is 1. The fourth-order valence-corrected chi connectivity index (χ4v) is 1.01. The van der Waals surface area contributed by atoms with E-state index in [2.05, 4.69) is 10.6 Å². The number of hydrogen-bond acceptors (Lipinski definition) is 5. The molecule has 1 unspecified atom stereocenters. The van der Waals surface area contributed by atoms with Gasteiger partial charge in [0.05, 0.1) is 18.7 Å². The largest absolute Gasteiger partial charge is 0.396 e. The van der Waals surface area contributed by atoms with Gasteiger partial charge in [0, 0.05) is 13.7 Å². The first-order valence-electron chi connectivity index (χ1n) is 4.71. The molecule has 3 N–H and O–H groups in total. The molecule has 0 saturated heterocycles. The number of nitrogens with one attached hydrogen (secondary N) is 2. The first-order valence-corrected chi connectivity index (χ1v) is 4.71. The van der Waals surface area contributed by atoms with E-state index in [1.807, 2.05) is 0 Å². The zero-order chi connectivity index (χ0) is 12.4. The third-order valence-electron chi connectivity index (χ3n) is 1.71. The Labute approximate surface area is 93.4 Å². The molecule has 0 fully saturated rings. The van der Waals surface area contributed by atoms with Gasteiger partial charge in [-0.1, -0.05) is 0 Å². The molecule has 7 nitrogen and oxygen atoms in total. The van der Waals surface area contributed by atoms with E-state index >= 15 is 0 Å². The van der Waals surface area contributed by atoms with Gasteiger partial charge in [-0.05, 0) is 6.42 Å². The summed E-state index contributed by atoms with van der Waals surface area (Å²) < 4.78 is 4.81. The van der Waals surface area contributed by atoms with Crippen LogP contribution < -0.4 is 10.6 Å². The number of carbonyl (C=O) groups is 2. The minimum atomic E-state index is -0.874. The maximum Gasteiger partial charge on any atom is 0.310 e. The number of amides is 2. The fraction of sp³-hybridized carbons (Fsp3) is 0.667. The van der Waals surface area contributed by atoms with E-state index in [0.717, 1.165) is 0 Å². The summed E-state index contributed by atoms with van der Waals surface area (Å²) in [5.74, 6) is -1.72. The van der Waals surface area contributed by atoms with Crippen molar-refractivity contribution in [2.24, 2.45) is 0 Å². The van der Waals surface area contributed by atoms with Crippen LogP contribution in [-0.2, 0) is 14.3 Å². The van der Waals surface area contributed by atoms with Crippen molar-refractivity contribution in [1.29, 1.82) is 5.26 Å². The van der Waals surface area contributed by atoms with E-state index in [9.17, 15) is 9.59 Å². The summed E-state index contributed by atoms with van der Waals surface area (Å²) in [6, 6.07) is 1.26. The van der Waals surface area contributed by atoms with Crippen LogP contribution in [-0.4, -0.2) is 49.8 Å². The highest BCUT2D eigenvalue weighted by molar-refractivity contribution is 6.35. The van der Waals surface area contributed by atoms with Gasteiger partial charge in [-0.3, -0.25) is 9.59 Å². The second-order valence-electron chi connectivity index (χ2n) is 2.98. The van der Waals surface area contributed by atoms with Crippen molar-refractivity contribution >= 4 is 11.8 Å². The van der Waals surface area contributed by atoms with Crippen LogP contribution in [0.2, 0.25) is 0 Å². The number of aliphatic hydroxyl groups is 1. The lowest BCUT2D eigenvalue weighted by Gasteiger charge is -2.15. The van der Waals surface area contributed by atoms with Crippen molar-refractivity contribution in [2.45, 2.75) is 12.5 Å². The van der Waals surface area contributed by atoms with E-state index in [4.69, 9.17) is 15.1 Å². The van der Waals surface area contributed by atoms with Crippen LogP contribution in [0.1, 0.15) is 6.42 Å². The summed E-state index contributed by atoms with van der Waals surface area (Å²) in [6.45, 7) is -0.132. The average molecular weight is 229 g/mol. The van der Waals surface area contributed by atoms with Crippen LogP contribution in [0.25, 0.3) is 0 Å². The molecule has 0 aromatic heterocycles. The van der Waals surface area contributed by atoms with Gasteiger partial charge in [-0.15, -0.1) is 0 Å². The summed E-state index contributed by atoms with van der Waals surface area (Å²) >= 11 is 0. The molecule has 0 rings (SSSR count). The molecular weight excluding hydrogens is 214 g/mol. The normalized spacial score (nSPS) is 11.3. The number of ether oxygens (including phenoxy) is 1. The van der Waals surface area contributed by atoms with Crippen LogP contribution in [0.15, 0.2) is 0 Å². The number of rotatable bonds is 6. The van der Waals surface area contributed by atoms with E-state index in [1.165, 1.54) is 7.11 Å². The van der Waals surface area contributed by atoms with Crippen molar-refractivity contribution in [3.63, 3.8) is 0 Å². The molecule has 0 aliphatic carbocycles. The summed E-state index contributed by atoms with van der Waals surface area (Å²) in [6.07, 6.45) is 0.297. The monoisotopic (exact) mass is 229 g/mol. The van der Waals surface area contributed by atoms with Gasteiger partial charge in [0.15, 0.2) is 0 Å². The van der Waals surface area contributed by atoms with Crippen LogP contribution in [0, 0.1) is 11.3 Å². The van der Waals surface area contributed by atoms with Crippen LogP contribution >= 0.6 is 0 Å². The molecule has 0 saturated carbocycles. The Hall–Kier alpha value is -1.65. The third kappa shape index (κ3) is 5.95. The van der Waals surface area contributed by atoms with Gasteiger partial charge >= 0.3 is 11.8 Å². The van der Waals surface area contributed by atoms with Crippen molar-refractivity contribution in [2.75, 3.05) is 26.9 Å². The molecule has 0 aromatic rings. The van der Waals surface area contributed by atoms with Crippen molar-refractivity contribution in [3.8, 4) is 6.07 Å². The molecule has 0 spiro atoms. The molecule has 0 heterocycles. The Bertz CT molecular complexity index is 268. The molecule has 0 aromatic carbocycles. The van der Waals surface area contributed by atoms with Crippen LogP contribution in [0.3, 0.4) is 0 Å². The van der Waals surface area contributed by atoms with Gasteiger partial charge in [0.25, 0.3) is 0 Å². The van der Waals surface area contributed by atoms with Gasteiger partial charge in [-0.2, -0.15) is 5.26 Å². The van der Waals surface area contributed by atoms with Crippen LogP contribution in [0.5, 0.6) is 0 Å².